The minimum atomic E-state index is -1.01. The van der Waals surface area contributed by atoms with Crippen LogP contribution in [0.2, 0.25) is 0 Å². The predicted molar refractivity (Wildman–Crippen MR) is 137 cm³/mol. The molecule has 1 atom stereocenters. The summed E-state index contributed by atoms with van der Waals surface area (Å²) < 4.78 is 16.1. The van der Waals surface area contributed by atoms with Gasteiger partial charge in [-0.1, -0.05) is 48.0 Å². The van der Waals surface area contributed by atoms with Crippen LogP contribution < -0.4 is 15.4 Å². The van der Waals surface area contributed by atoms with Crippen molar-refractivity contribution in [3.05, 3.63) is 113 Å². The van der Waals surface area contributed by atoms with Gasteiger partial charge in [-0.2, -0.15) is 5.26 Å². The first-order valence-electron chi connectivity index (χ1n) is 11.4. The number of benzene rings is 3. The third-order valence-electron chi connectivity index (χ3n) is 5.94. The van der Waals surface area contributed by atoms with Gasteiger partial charge in [0, 0.05) is 5.69 Å². The Morgan fingerprint density at radius 3 is 2.16 bits per heavy atom. The molecule has 1 aliphatic heterocycles. The second-order valence-electron chi connectivity index (χ2n) is 8.25. The van der Waals surface area contributed by atoms with Gasteiger partial charge in [0.15, 0.2) is 0 Å². The fraction of sp³-hybridized carbons (Fsp3) is 0.138. The fourth-order valence-corrected chi connectivity index (χ4v) is 4.21. The number of nitrogens with zero attached hydrogens (tertiary/aromatic N) is 2. The average molecular weight is 496 g/mol. The van der Waals surface area contributed by atoms with E-state index in [0.717, 1.165) is 5.56 Å². The van der Waals surface area contributed by atoms with E-state index in [-0.39, 0.29) is 22.7 Å². The summed E-state index contributed by atoms with van der Waals surface area (Å²) in [5.74, 6) is -1.51. The van der Waals surface area contributed by atoms with Crippen LogP contribution in [0.5, 0.6) is 11.5 Å². The monoisotopic (exact) mass is 495 g/mol. The van der Waals surface area contributed by atoms with Crippen LogP contribution in [0.1, 0.15) is 17.0 Å². The molecule has 0 bridgehead atoms. The highest BCUT2D eigenvalue weighted by Gasteiger charge is 2.43. The molecule has 0 spiro atoms. The molecule has 1 unspecified atom stereocenters. The van der Waals surface area contributed by atoms with Gasteiger partial charge in [0.2, 0.25) is 0 Å². The highest BCUT2D eigenvalue weighted by atomic mass is 16.5. The van der Waals surface area contributed by atoms with Crippen LogP contribution in [-0.2, 0) is 19.1 Å². The lowest BCUT2D eigenvalue weighted by molar-refractivity contribution is -0.139. The van der Waals surface area contributed by atoms with E-state index in [9.17, 15) is 14.9 Å². The van der Waals surface area contributed by atoms with Crippen LogP contribution in [0.25, 0.3) is 0 Å². The summed E-state index contributed by atoms with van der Waals surface area (Å²) in [5, 5.41) is 10.2. The number of anilines is 1. The summed E-state index contributed by atoms with van der Waals surface area (Å²) in [5.41, 5.74) is 8.39. The zero-order chi connectivity index (χ0) is 26.5. The number of allylic oxidation sites excluding steroid dienone is 1. The number of carbonyl (C=O) groups is 2. The van der Waals surface area contributed by atoms with Gasteiger partial charge in [-0.25, -0.2) is 9.59 Å². The molecule has 37 heavy (non-hydrogen) atoms. The smallest absolute Gasteiger partial charge is 0.355 e. The standard InChI is InChI=1S/C29H25N3O5/c1-18-12-14-20(15-13-18)32-26(29(34)36-3)25(28(33)35-2)24(23(17-30)27(32)31)19-8-7-11-22(16-19)37-21-9-5-4-6-10-21/h4-16,24H,31H2,1-3H3. The molecule has 0 radical (unpaired) electrons. The lowest BCUT2D eigenvalue weighted by atomic mass is 9.80. The molecule has 0 saturated carbocycles. The van der Waals surface area contributed by atoms with Crippen molar-refractivity contribution in [2.75, 3.05) is 19.1 Å². The highest BCUT2D eigenvalue weighted by Crippen LogP contribution is 2.44. The van der Waals surface area contributed by atoms with Gasteiger partial charge < -0.3 is 19.9 Å². The SMILES string of the molecule is COC(=O)C1=C(C(=O)OC)N(c2ccc(C)cc2)C(N)=C(C#N)C1c1cccc(Oc2ccccc2)c1. The molecule has 1 aliphatic rings. The maximum atomic E-state index is 13.2. The Hall–Kier alpha value is -5.03. The molecule has 3 aromatic carbocycles. The number of methoxy groups -OCH3 is 2. The van der Waals surface area contributed by atoms with Crippen molar-refractivity contribution in [2.45, 2.75) is 12.8 Å². The molecule has 0 aliphatic carbocycles. The summed E-state index contributed by atoms with van der Waals surface area (Å²) in [6.45, 7) is 1.91. The maximum absolute atomic E-state index is 13.2. The third kappa shape index (κ3) is 4.88. The number of hydrogen-bond acceptors (Lipinski definition) is 8. The lowest BCUT2D eigenvalue weighted by Crippen LogP contribution is -2.40. The minimum absolute atomic E-state index is 0.00112. The Morgan fingerprint density at radius 1 is 0.892 bits per heavy atom. The summed E-state index contributed by atoms with van der Waals surface area (Å²) in [4.78, 5) is 27.8. The number of esters is 2. The summed E-state index contributed by atoms with van der Waals surface area (Å²) >= 11 is 0. The van der Waals surface area contributed by atoms with Crippen LogP contribution >= 0.6 is 0 Å². The van der Waals surface area contributed by atoms with Gasteiger partial charge >= 0.3 is 11.9 Å². The molecule has 0 fully saturated rings. The van der Waals surface area contributed by atoms with Gasteiger partial charge in [-0.05, 0) is 48.9 Å². The second-order valence-corrected chi connectivity index (χ2v) is 8.25. The number of aryl methyl sites for hydroxylation is 1. The molecule has 3 aromatic rings. The molecule has 0 aromatic heterocycles. The Morgan fingerprint density at radius 2 is 1.54 bits per heavy atom. The third-order valence-corrected chi connectivity index (χ3v) is 5.94. The zero-order valence-electron chi connectivity index (χ0n) is 20.6. The molecule has 186 valence electrons. The Labute approximate surface area is 214 Å². The molecule has 8 heteroatoms. The number of ether oxygens (including phenoxy) is 3. The van der Waals surface area contributed by atoms with Gasteiger partial charge in [0.05, 0.1) is 37.4 Å². The molecule has 2 N–H and O–H groups in total. The van der Waals surface area contributed by atoms with Crippen molar-refractivity contribution < 1.29 is 23.8 Å². The lowest BCUT2D eigenvalue weighted by Gasteiger charge is -2.36. The first kappa shape index (κ1) is 25.1. The average Bonchev–Trinajstić information content (AvgIpc) is 2.92. The Balaban J connectivity index is 1.95. The maximum Gasteiger partial charge on any atom is 0.355 e. The Bertz CT molecular complexity index is 1440. The highest BCUT2D eigenvalue weighted by molar-refractivity contribution is 6.06. The molecular formula is C29H25N3O5. The largest absolute Gasteiger partial charge is 0.466 e. The van der Waals surface area contributed by atoms with Gasteiger partial charge in [0.1, 0.15) is 23.0 Å². The van der Waals surface area contributed by atoms with Gasteiger partial charge in [0.25, 0.3) is 0 Å². The van der Waals surface area contributed by atoms with Crippen molar-refractivity contribution in [2.24, 2.45) is 5.73 Å². The van der Waals surface area contributed by atoms with E-state index in [4.69, 9.17) is 19.9 Å². The molecule has 8 nitrogen and oxygen atoms in total. The van der Waals surface area contributed by atoms with E-state index in [2.05, 4.69) is 6.07 Å². The molecule has 0 saturated heterocycles. The number of nitrogens with two attached hydrogens (primary N) is 1. The number of nitriles is 1. The first-order valence-corrected chi connectivity index (χ1v) is 11.4. The van der Waals surface area contributed by atoms with E-state index in [1.54, 1.807) is 48.5 Å². The topological polar surface area (TPSA) is 115 Å². The van der Waals surface area contributed by atoms with Crippen molar-refractivity contribution in [1.82, 2.24) is 0 Å². The van der Waals surface area contributed by atoms with E-state index < -0.39 is 17.9 Å². The number of carbonyl (C=O) groups excluding carboxylic acids is 2. The summed E-state index contributed by atoms with van der Waals surface area (Å²) in [6.07, 6.45) is 0. The molecular weight excluding hydrogens is 470 g/mol. The molecule has 4 rings (SSSR count). The van der Waals surface area contributed by atoms with Crippen LogP contribution in [0, 0.1) is 18.3 Å². The normalized spacial score (nSPS) is 15.2. The minimum Gasteiger partial charge on any atom is -0.466 e. The number of rotatable bonds is 6. The van der Waals surface area contributed by atoms with Gasteiger partial charge in [-0.15, -0.1) is 0 Å². The van der Waals surface area contributed by atoms with Crippen molar-refractivity contribution in [3.8, 4) is 17.6 Å². The second kappa shape index (κ2) is 10.7. The van der Waals surface area contributed by atoms with E-state index in [0.29, 0.717) is 22.7 Å². The quantitative estimate of drug-likeness (QED) is 0.490. The number of hydrogen-bond donors (Lipinski definition) is 1. The number of para-hydroxylation sites is 1. The zero-order valence-corrected chi connectivity index (χ0v) is 20.6. The molecule has 1 heterocycles. The van der Waals surface area contributed by atoms with E-state index in [1.807, 2.05) is 37.3 Å². The molecule has 0 amide bonds. The van der Waals surface area contributed by atoms with Crippen LogP contribution in [-0.4, -0.2) is 26.2 Å². The summed E-state index contributed by atoms with van der Waals surface area (Å²) in [7, 11) is 2.42. The van der Waals surface area contributed by atoms with Crippen molar-refractivity contribution >= 4 is 17.6 Å². The summed E-state index contributed by atoms with van der Waals surface area (Å²) in [6, 6.07) is 25.4. The van der Waals surface area contributed by atoms with Crippen molar-refractivity contribution in [3.63, 3.8) is 0 Å². The Kier molecular flexibility index (Phi) is 7.26. The van der Waals surface area contributed by atoms with E-state index in [1.165, 1.54) is 19.1 Å². The van der Waals surface area contributed by atoms with E-state index >= 15 is 0 Å². The predicted octanol–water partition coefficient (Wildman–Crippen LogP) is 4.69. The fourth-order valence-electron chi connectivity index (χ4n) is 4.21. The van der Waals surface area contributed by atoms with Gasteiger partial charge in [-0.3, -0.25) is 4.90 Å². The van der Waals surface area contributed by atoms with Crippen molar-refractivity contribution in [1.29, 1.82) is 5.26 Å². The van der Waals surface area contributed by atoms with Crippen LogP contribution in [0.4, 0.5) is 5.69 Å². The van der Waals surface area contributed by atoms with Crippen LogP contribution in [0.15, 0.2) is 102 Å². The first-order chi connectivity index (χ1) is 17.9. The van der Waals surface area contributed by atoms with Crippen LogP contribution in [0.3, 0.4) is 0 Å².